The number of benzene rings is 1. The fourth-order valence-corrected chi connectivity index (χ4v) is 3.37. The molecule has 1 N–H and O–H groups in total. The first kappa shape index (κ1) is 16.3. The number of anilines is 1. The van der Waals surface area contributed by atoms with Crippen LogP contribution in [0.1, 0.15) is 36.8 Å². The normalized spacial score (nSPS) is 14.3. The third-order valence-electron chi connectivity index (χ3n) is 4.75. The van der Waals surface area contributed by atoms with Crippen molar-refractivity contribution < 1.29 is 4.74 Å². The van der Waals surface area contributed by atoms with Crippen molar-refractivity contribution in [2.45, 2.75) is 38.3 Å². The lowest BCUT2D eigenvalue weighted by Gasteiger charge is -2.13. The van der Waals surface area contributed by atoms with Crippen molar-refractivity contribution in [1.29, 1.82) is 5.26 Å². The molecule has 3 aromatic rings. The molecule has 0 unspecified atom stereocenters. The molecule has 0 saturated heterocycles. The van der Waals surface area contributed by atoms with Gasteiger partial charge in [0.15, 0.2) is 0 Å². The minimum absolute atomic E-state index is 0.313. The van der Waals surface area contributed by atoms with Crippen LogP contribution >= 0.6 is 0 Å². The van der Waals surface area contributed by atoms with Crippen molar-refractivity contribution in [3.05, 3.63) is 59.9 Å². The Kier molecular flexibility index (Phi) is 4.65. The average molecular weight is 344 g/mol. The molecule has 1 saturated carbocycles. The zero-order chi connectivity index (χ0) is 17.8. The molecule has 0 amide bonds. The van der Waals surface area contributed by atoms with Crippen LogP contribution in [0.25, 0.3) is 10.9 Å². The molecule has 1 aliphatic rings. The van der Waals surface area contributed by atoms with Gasteiger partial charge < -0.3 is 10.1 Å². The monoisotopic (exact) mass is 344 g/mol. The maximum atomic E-state index is 9.39. The standard InChI is InChI=1S/C21H20N4O/c22-11-16-14-23-19-8-4-3-7-18(19)21(16)25-13-15-9-10-20(24-12-15)26-17-5-1-2-6-17/h3-4,7-10,12,14,17H,1-2,5-6,13H2,(H,23,25). The molecule has 0 aliphatic heterocycles. The third-order valence-corrected chi connectivity index (χ3v) is 4.75. The van der Waals surface area contributed by atoms with Crippen molar-refractivity contribution in [2.75, 3.05) is 5.32 Å². The quantitative estimate of drug-likeness (QED) is 0.741. The lowest BCUT2D eigenvalue weighted by Crippen LogP contribution is -2.12. The molecule has 0 atom stereocenters. The Morgan fingerprint density at radius 3 is 2.69 bits per heavy atom. The van der Waals surface area contributed by atoms with Gasteiger partial charge in [-0.15, -0.1) is 0 Å². The fraction of sp³-hybridized carbons (Fsp3) is 0.286. The Morgan fingerprint density at radius 2 is 1.92 bits per heavy atom. The van der Waals surface area contributed by atoms with Crippen LogP contribution in [0.4, 0.5) is 5.69 Å². The predicted molar refractivity (Wildman–Crippen MR) is 101 cm³/mol. The number of pyridine rings is 2. The number of hydrogen-bond acceptors (Lipinski definition) is 5. The molecule has 5 nitrogen and oxygen atoms in total. The fourth-order valence-electron chi connectivity index (χ4n) is 3.37. The Morgan fingerprint density at radius 1 is 1.08 bits per heavy atom. The van der Waals surface area contributed by atoms with E-state index in [4.69, 9.17) is 4.74 Å². The summed E-state index contributed by atoms with van der Waals surface area (Å²) in [5, 5.41) is 13.7. The van der Waals surface area contributed by atoms with Crippen LogP contribution in [0.3, 0.4) is 0 Å². The summed E-state index contributed by atoms with van der Waals surface area (Å²) in [6, 6.07) is 14.0. The van der Waals surface area contributed by atoms with Crippen molar-refractivity contribution in [3.8, 4) is 11.9 Å². The summed E-state index contributed by atoms with van der Waals surface area (Å²) in [5.41, 5.74) is 3.25. The second kappa shape index (κ2) is 7.40. The lowest BCUT2D eigenvalue weighted by atomic mass is 10.1. The number of nitriles is 1. The van der Waals surface area contributed by atoms with Crippen LogP contribution in [0.15, 0.2) is 48.8 Å². The first-order valence-electron chi connectivity index (χ1n) is 8.97. The highest BCUT2D eigenvalue weighted by molar-refractivity contribution is 5.93. The Hall–Kier alpha value is -3.13. The van der Waals surface area contributed by atoms with E-state index in [-0.39, 0.29) is 0 Å². The Balaban J connectivity index is 1.49. The van der Waals surface area contributed by atoms with E-state index in [0.717, 1.165) is 35.0 Å². The minimum atomic E-state index is 0.313. The van der Waals surface area contributed by atoms with Gasteiger partial charge in [0.25, 0.3) is 0 Å². The summed E-state index contributed by atoms with van der Waals surface area (Å²) in [5.74, 6) is 0.688. The van der Waals surface area contributed by atoms with Gasteiger partial charge in [0.2, 0.25) is 5.88 Å². The van der Waals surface area contributed by atoms with Crippen molar-refractivity contribution in [2.24, 2.45) is 0 Å². The van der Waals surface area contributed by atoms with E-state index in [1.807, 2.05) is 42.6 Å². The molecule has 26 heavy (non-hydrogen) atoms. The van der Waals surface area contributed by atoms with Gasteiger partial charge in [-0.05, 0) is 37.3 Å². The molecule has 1 fully saturated rings. The van der Waals surface area contributed by atoms with E-state index in [0.29, 0.717) is 24.1 Å². The highest BCUT2D eigenvalue weighted by Gasteiger charge is 2.16. The zero-order valence-electron chi connectivity index (χ0n) is 14.5. The van der Waals surface area contributed by atoms with Gasteiger partial charge in [-0.1, -0.05) is 24.3 Å². The second-order valence-electron chi connectivity index (χ2n) is 6.56. The number of rotatable bonds is 5. The molecule has 1 aliphatic carbocycles. The minimum Gasteiger partial charge on any atom is -0.474 e. The van der Waals surface area contributed by atoms with E-state index in [1.54, 1.807) is 6.20 Å². The number of fused-ring (bicyclic) bond motifs is 1. The molecule has 4 rings (SSSR count). The van der Waals surface area contributed by atoms with E-state index in [2.05, 4.69) is 21.4 Å². The number of aromatic nitrogens is 2. The van der Waals surface area contributed by atoms with E-state index in [9.17, 15) is 5.26 Å². The number of nitrogens with zero attached hydrogens (tertiary/aromatic N) is 3. The summed E-state index contributed by atoms with van der Waals surface area (Å²) in [4.78, 5) is 8.76. The van der Waals surface area contributed by atoms with Crippen molar-refractivity contribution in [1.82, 2.24) is 9.97 Å². The van der Waals surface area contributed by atoms with Gasteiger partial charge in [-0.3, -0.25) is 4.98 Å². The maximum absolute atomic E-state index is 9.39. The molecule has 1 aromatic carbocycles. The summed E-state index contributed by atoms with van der Waals surface area (Å²) in [7, 11) is 0. The van der Waals surface area contributed by atoms with Gasteiger partial charge in [-0.25, -0.2) is 4.98 Å². The topological polar surface area (TPSA) is 70.8 Å². The zero-order valence-corrected chi connectivity index (χ0v) is 14.5. The third kappa shape index (κ3) is 3.45. The predicted octanol–water partition coefficient (Wildman–Crippen LogP) is 4.43. The van der Waals surface area contributed by atoms with Crippen LogP contribution in [-0.4, -0.2) is 16.1 Å². The number of para-hydroxylation sites is 1. The molecule has 0 bridgehead atoms. The van der Waals surface area contributed by atoms with Crippen LogP contribution in [0, 0.1) is 11.3 Å². The first-order chi connectivity index (χ1) is 12.8. The van der Waals surface area contributed by atoms with Crippen LogP contribution in [0.5, 0.6) is 5.88 Å². The molecule has 130 valence electrons. The van der Waals surface area contributed by atoms with Gasteiger partial charge in [0.05, 0.1) is 16.8 Å². The lowest BCUT2D eigenvalue weighted by molar-refractivity contribution is 0.201. The van der Waals surface area contributed by atoms with Crippen LogP contribution < -0.4 is 10.1 Å². The highest BCUT2D eigenvalue weighted by atomic mass is 16.5. The summed E-state index contributed by atoms with van der Waals surface area (Å²) >= 11 is 0. The van der Waals surface area contributed by atoms with Crippen molar-refractivity contribution >= 4 is 16.6 Å². The van der Waals surface area contributed by atoms with Gasteiger partial charge in [0, 0.05) is 30.4 Å². The smallest absolute Gasteiger partial charge is 0.213 e. The molecule has 2 aromatic heterocycles. The van der Waals surface area contributed by atoms with Crippen LogP contribution in [-0.2, 0) is 6.54 Å². The molecule has 0 radical (unpaired) electrons. The van der Waals surface area contributed by atoms with E-state index < -0.39 is 0 Å². The average Bonchev–Trinajstić information content (AvgIpc) is 3.20. The number of ether oxygens (including phenoxy) is 1. The summed E-state index contributed by atoms with van der Waals surface area (Å²) in [6.07, 6.45) is 8.48. The molecular weight excluding hydrogens is 324 g/mol. The molecule has 0 spiro atoms. The van der Waals surface area contributed by atoms with E-state index in [1.165, 1.54) is 12.8 Å². The molecular formula is C21H20N4O. The summed E-state index contributed by atoms with van der Waals surface area (Å²) in [6.45, 7) is 0.583. The van der Waals surface area contributed by atoms with Gasteiger partial charge >= 0.3 is 0 Å². The number of hydrogen-bond donors (Lipinski definition) is 1. The maximum Gasteiger partial charge on any atom is 0.213 e. The first-order valence-corrected chi connectivity index (χ1v) is 8.97. The van der Waals surface area contributed by atoms with Gasteiger partial charge in [-0.2, -0.15) is 5.26 Å². The van der Waals surface area contributed by atoms with E-state index >= 15 is 0 Å². The second-order valence-corrected chi connectivity index (χ2v) is 6.56. The van der Waals surface area contributed by atoms with Crippen molar-refractivity contribution in [3.63, 3.8) is 0 Å². The molecule has 2 heterocycles. The molecule has 5 heteroatoms. The Labute approximate surface area is 152 Å². The largest absolute Gasteiger partial charge is 0.474 e. The SMILES string of the molecule is N#Cc1cnc2ccccc2c1NCc1ccc(OC2CCCC2)nc1. The van der Waals surface area contributed by atoms with Crippen LogP contribution in [0.2, 0.25) is 0 Å². The Bertz CT molecular complexity index is 940. The van der Waals surface area contributed by atoms with Gasteiger partial charge in [0.1, 0.15) is 12.2 Å². The highest BCUT2D eigenvalue weighted by Crippen LogP contribution is 2.26. The number of nitrogens with one attached hydrogen (secondary N) is 1. The summed E-state index contributed by atoms with van der Waals surface area (Å²) < 4.78 is 5.90.